The van der Waals surface area contributed by atoms with Gasteiger partial charge >= 0.3 is 0 Å². The Morgan fingerprint density at radius 2 is 0.386 bits per heavy atom. The van der Waals surface area contributed by atoms with Crippen LogP contribution in [0.1, 0.15) is 0 Å². The Kier molecular flexibility index (Phi) is 22.7. The van der Waals surface area contributed by atoms with E-state index in [2.05, 4.69) is 81.8 Å². The number of nitrogens with zero attached hydrogens (tertiary/aromatic N) is 16. The van der Waals surface area contributed by atoms with Crippen LogP contribution in [0.25, 0.3) is 43.1 Å². The Morgan fingerprint density at radius 3 is 0.523 bits per heavy atom. The van der Waals surface area contributed by atoms with Crippen LogP contribution in [0.3, 0.4) is 0 Å². The molecule has 0 unspecified atom stereocenters. The van der Waals surface area contributed by atoms with Gasteiger partial charge in [-0.15, -0.1) is 0 Å². The molecule has 0 aliphatic heterocycles. The highest BCUT2D eigenvalue weighted by Gasteiger charge is 2.30. The first kappa shape index (κ1) is 69.7. The van der Waals surface area contributed by atoms with E-state index in [1.807, 2.05) is 0 Å². The van der Waals surface area contributed by atoms with Crippen molar-refractivity contribution in [2.75, 3.05) is 79.3 Å². The average Bonchev–Trinajstić information content (AvgIpc) is 2.85. The molecule has 40 heteroatoms. The van der Waals surface area contributed by atoms with Gasteiger partial charge < -0.3 is 98.0 Å². The smallest absolute Gasteiger partial charge is 0.152 e. The van der Waals surface area contributed by atoms with Gasteiger partial charge in [-0.2, -0.15) is 81.8 Å². The number of hydrogen-bond acceptors (Lipinski definition) is 36. The number of nitrogen functional groups attached to an aromatic ring is 4. The molecular weight excluding hydrogens is 1240 g/mol. The van der Waals surface area contributed by atoms with E-state index in [-0.39, 0.29) is 111 Å². The van der Waals surface area contributed by atoms with E-state index in [1.165, 1.54) is 129 Å². The van der Waals surface area contributed by atoms with Crippen LogP contribution >= 0.6 is 43.5 Å². The van der Waals surface area contributed by atoms with Gasteiger partial charge in [0.1, 0.15) is 89.0 Å². The molecule has 0 fully saturated rings. The number of fused-ring (bicyclic) bond motifs is 4. The molecule has 8 aromatic carbocycles. The van der Waals surface area contributed by atoms with Crippen molar-refractivity contribution in [2.45, 2.75) is 19.6 Å². The lowest BCUT2D eigenvalue weighted by Crippen LogP contribution is -1.97. The third kappa shape index (κ3) is 15.2. The molecular formula is C48H60N20O16S4. The fraction of sp³-hybridized carbons (Fsp3) is 0.167. The van der Waals surface area contributed by atoms with Gasteiger partial charge in [-0.1, -0.05) is 0 Å². The Hall–Kier alpha value is -9.08. The summed E-state index contributed by atoms with van der Waals surface area (Å²) < 4.78 is 115. The minimum absolute atomic E-state index is 0.235. The average molecular weight is 1300 g/mol. The van der Waals surface area contributed by atoms with E-state index >= 15 is 0 Å². The van der Waals surface area contributed by atoms with Gasteiger partial charge in [0, 0.05) is 99.5 Å². The maximum atomic E-state index is 10.3. The zero-order chi connectivity index (χ0) is 66.0. The summed E-state index contributed by atoms with van der Waals surface area (Å²) in [7, 11) is -5.42. The lowest BCUT2D eigenvalue weighted by molar-refractivity contribution is 0.373. The summed E-state index contributed by atoms with van der Waals surface area (Å²) in [6.45, 7) is 0. The summed E-state index contributed by atoms with van der Waals surface area (Å²) in [4.78, 5) is -1.50. The fourth-order valence-electron chi connectivity index (χ4n) is 8.15. The van der Waals surface area contributed by atoms with Crippen molar-refractivity contribution in [1.29, 1.82) is 0 Å². The first-order valence-electron chi connectivity index (χ1n) is 24.0. The van der Waals surface area contributed by atoms with Crippen molar-refractivity contribution in [3.63, 3.8) is 0 Å². The Balaban J connectivity index is 0.000000214. The minimum Gasteiger partial charge on any atom is -0.505 e. The van der Waals surface area contributed by atoms with Gasteiger partial charge in [-0.25, -0.2) is 0 Å². The molecule has 88 heavy (non-hydrogen) atoms. The van der Waals surface area contributed by atoms with Gasteiger partial charge in [-0.3, -0.25) is 0 Å². The number of nitrogens with two attached hydrogens (primary N) is 4. The summed E-state index contributed by atoms with van der Waals surface area (Å²) in [5, 5.41) is 102. The highest BCUT2D eigenvalue weighted by atomic mass is 32.3. The number of hydrogen-bond donors (Lipinski definition) is 20. The maximum absolute atomic E-state index is 10.3. The second-order valence-corrected chi connectivity index (χ2v) is 23.1. The van der Waals surface area contributed by atoms with Crippen LogP contribution in [-0.2, 0) is 0 Å². The van der Waals surface area contributed by atoms with Crippen molar-refractivity contribution in [2.24, 2.45) is 81.8 Å². The van der Waals surface area contributed by atoms with Gasteiger partial charge in [0.15, 0.2) is 23.0 Å². The fourth-order valence-corrected chi connectivity index (χ4v) is 10.8. The topological polar surface area (TPSA) is 626 Å². The first-order valence-corrected chi connectivity index (χ1v) is 30.0. The standard InChI is InChI=1S/4C12H15N5O4S/c4*1-14-16-10-7-5-9(22(19,20)21)11(17-15-2)12(18)6(7)3-4-8(10)13/h4*3-5,18-21H,13H2,1-2H3. The molecule has 472 valence electrons. The molecule has 36 nitrogen and oxygen atoms in total. The lowest BCUT2D eigenvalue weighted by atomic mass is 10.1. The van der Waals surface area contributed by atoms with Gasteiger partial charge in [0.05, 0.1) is 42.3 Å². The van der Waals surface area contributed by atoms with Crippen LogP contribution in [0.15, 0.2) is 174 Å². The molecule has 0 aliphatic carbocycles. The summed E-state index contributed by atoms with van der Waals surface area (Å²) in [5.41, 5.74) is 24.4. The molecule has 24 N–H and O–H groups in total. The number of rotatable bonds is 12. The van der Waals surface area contributed by atoms with Gasteiger partial charge in [0.2, 0.25) is 0 Å². The van der Waals surface area contributed by atoms with Crippen molar-refractivity contribution in [3.8, 4) is 23.0 Å². The highest BCUT2D eigenvalue weighted by Crippen LogP contribution is 2.59. The Bertz CT molecular complexity index is 3670. The largest absolute Gasteiger partial charge is 0.505 e. The van der Waals surface area contributed by atoms with E-state index in [1.54, 1.807) is 0 Å². The number of benzene rings is 8. The summed E-state index contributed by atoms with van der Waals surface area (Å²) >= 11 is 0. The lowest BCUT2D eigenvalue weighted by Gasteiger charge is -2.22. The van der Waals surface area contributed by atoms with Crippen LogP contribution in [-0.4, -0.2) is 131 Å². The van der Waals surface area contributed by atoms with Crippen molar-refractivity contribution in [3.05, 3.63) is 72.8 Å². The highest BCUT2D eigenvalue weighted by molar-refractivity contribution is 8.20. The molecule has 0 aromatic heterocycles. The van der Waals surface area contributed by atoms with E-state index < -0.39 is 43.5 Å². The van der Waals surface area contributed by atoms with Crippen molar-refractivity contribution < 1.29 is 75.1 Å². The molecule has 8 aromatic rings. The zero-order valence-corrected chi connectivity index (χ0v) is 50.4. The van der Waals surface area contributed by atoms with Crippen LogP contribution in [0, 0.1) is 0 Å². The number of phenolic OH excluding ortho intramolecular Hbond substituents is 4. The summed E-state index contributed by atoms with van der Waals surface area (Å²) in [6.07, 6.45) is 0. The molecule has 0 spiro atoms. The normalized spacial score (nSPS) is 13.5. The number of azo groups is 8. The number of anilines is 4. The van der Waals surface area contributed by atoms with Crippen molar-refractivity contribution in [1.82, 2.24) is 0 Å². The second-order valence-electron chi connectivity index (χ2n) is 17.2. The van der Waals surface area contributed by atoms with Crippen LogP contribution < -0.4 is 22.9 Å². The molecule has 8 rings (SSSR count). The molecule has 0 bridgehead atoms. The van der Waals surface area contributed by atoms with Crippen LogP contribution in [0.5, 0.6) is 23.0 Å². The second kappa shape index (κ2) is 28.6. The zero-order valence-electron chi connectivity index (χ0n) is 47.2. The van der Waals surface area contributed by atoms with E-state index in [0.717, 1.165) is 0 Å². The predicted molar refractivity (Wildman–Crippen MR) is 339 cm³/mol. The number of phenols is 4. The van der Waals surface area contributed by atoms with E-state index in [4.69, 9.17) is 22.9 Å². The third-order valence-corrected chi connectivity index (χ3v) is 15.3. The van der Waals surface area contributed by atoms with Crippen molar-refractivity contribution >= 4 is 155 Å². The van der Waals surface area contributed by atoms with Gasteiger partial charge in [0.25, 0.3) is 0 Å². The van der Waals surface area contributed by atoms with Crippen LogP contribution in [0.4, 0.5) is 68.2 Å². The maximum Gasteiger partial charge on any atom is 0.152 e. The molecule has 0 amide bonds. The molecule has 0 aliphatic rings. The minimum atomic E-state index is -4.14. The predicted octanol–water partition coefficient (Wildman–Crippen LogP) is 16.5. The van der Waals surface area contributed by atoms with Gasteiger partial charge in [-0.05, 0) is 72.8 Å². The Morgan fingerprint density at radius 1 is 0.239 bits per heavy atom. The molecule has 0 atom stereocenters. The summed E-state index contributed by atoms with van der Waals surface area (Å²) in [6, 6.07) is 17.2. The first-order chi connectivity index (χ1) is 41.2. The van der Waals surface area contributed by atoms with Crippen LogP contribution in [0.2, 0.25) is 0 Å². The van der Waals surface area contributed by atoms with E-state index in [0.29, 0.717) is 43.1 Å². The number of aromatic hydroxyl groups is 4. The summed E-state index contributed by atoms with van der Waals surface area (Å²) in [5.74, 6) is -1.50. The molecule has 0 saturated heterocycles. The Labute approximate surface area is 504 Å². The quantitative estimate of drug-likeness (QED) is 0.0399. The third-order valence-electron chi connectivity index (χ3n) is 11.7. The van der Waals surface area contributed by atoms with E-state index in [9.17, 15) is 75.1 Å². The molecule has 0 heterocycles. The SMILES string of the molecule is CN=Nc1c(S(O)(O)O)cc2c(N=NC)c(N)ccc2c1O.CN=Nc1c(S(O)(O)O)cc2c(N=NC)c(N)ccc2c1O.CN=Nc1c(S(O)(O)O)cc2c(N=NC)c(N)ccc2c1O.CN=Nc1c(S(O)(O)O)cc2c(N=NC)c(N)ccc2c1O. The monoisotopic (exact) mass is 1300 g/mol. The molecule has 0 radical (unpaired) electrons. The molecule has 0 saturated carbocycles.